The Balaban J connectivity index is 0.00000200. The Morgan fingerprint density at radius 2 is 2.15 bits per heavy atom. The van der Waals surface area contributed by atoms with Gasteiger partial charge in [-0.15, -0.1) is 12.4 Å². The Labute approximate surface area is 129 Å². The molecule has 1 atom stereocenters. The fourth-order valence-corrected chi connectivity index (χ4v) is 4.25. The topological polar surface area (TPSA) is 49.4 Å². The largest absolute Gasteiger partial charge is 0.316 e. The van der Waals surface area contributed by atoms with E-state index < -0.39 is 15.8 Å². The van der Waals surface area contributed by atoms with Gasteiger partial charge in [0.25, 0.3) is 0 Å². The minimum absolute atomic E-state index is 0. The van der Waals surface area contributed by atoms with Gasteiger partial charge in [0.2, 0.25) is 10.0 Å². The third-order valence-electron chi connectivity index (χ3n) is 3.30. The van der Waals surface area contributed by atoms with Gasteiger partial charge in [-0.2, -0.15) is 4.31 Å². The van der Waals surface area contributed by atoms with E-state index in [1.807, 2.05) is 7.05 Å². The minimum atomic E-state index is -3.66. The summed E-state index contributed by atoms with van der Waals surface area (Å²) >= 11 is 5.84. The van der Waals surface area contributed by atoms with Gasteiger partial charge in [0.15, 0.2) is 0 Å². The van der Waals surface area contributed by atoms with Crippen LogP contribution >= 0.6 is 24.0 Å². The number of likely N-dealkylation sites (N-methyl/N-ethyl adjacent to an activating group) is 1. The van der Waals surface area contributed by atoms with Crippen LogP contribution in [0.25, 0.3) is 0 Å². The summed E-state index contributed by atoms with van der Waals surface area (Å²) < 4.78 is 39.3. The number of piperidine rings is 1. The molecule has 0 bridgehead atoms. The van der Waals surface area contributed by atoms with Crippen molar-refractivity contribution in [2.75, 3.05) is 20.1 Å². The molecule has 2 rings (SSSR count). The lowest BCUT2D eigenvalue weighted by Crippen LogP contribution is -2.46. The second kappa shape index (κ2) is 7.04. The van der Waals surface area contributed by atoms with E-state index in [2.05, 4.69) is 5.32 Å². The van der Waals surface area contributed by atoms with Crippen molar-refractivity contribution in [1.82, 2.24) is 9.62 Å². The van der Waals surface area contributed by atoms with Crippen molar-refractivity contribution in [2.45, 2.75) is 23.8 Å². The van der Waals surface area contributed by atoms with Crippen LogP contribution in [0.1, 0.15) is 12.8 Å². The SMILES string of the molecule is CNC1CCCN(S(=O)(=O)c2ccc(F)cc2Cl)C1.Cl. The number of sulfonamides is 1. The average Bonchev–Trinajstić information content (AvgIpc) is 2.38. The van der Waals surface area contributed by atoms with E-state index in [9.17, 15) is 12.8 Å². The molecule has 4 nitrogen and oxygen atoms in total. The van der Waals surface area contributed by atoms with Gasteiger partial charge in [0, 0.05) is 19.1 Å². The minimum Gasteiger partial charge on any atom is -0.316 e. The Kier molecular flexibility index (Phi) is 6.22. The maximum atomic E-state index is 13.0. The van der Waals surface area contributed by atoms with Crippen molar-refractivity contribution in [3.8, 4) is 0 Å². The zero-order valence-corrected chi connectivity index (χ0v) is 13.4. The van der Waals surface area contributed by atoms with Crippen molar-refractivity contribution >= 4 is 34.0 Å². The van der Waals surface area contributed by atoms with Crippen LogP contribution in [0.4, 0.5) is 4.39 Å². The van der Waals surface area contributed by atoms with E-state index in [-0.39, 0.29) is 28.4 Å². The number of rotatable bonds is 3. The number of nitrogens with zero attached hydrogens (tertiary/aromatic N) is 1. The van der Waals surface area contributed by atoms with E-state index in [4.69, 9.17) is 11.6 Å². The normalized spacial score (nSPS) is 20.4. The monoisotopic (exact) mass is 342 g/mol. The van der Waals surface area contributed by atoms with Crippen LogP contribution in [-0.4, -0.2) is 38.9 Å². The van der Waals surface area contributed by atoms with E-state index in [1.54, 1.807) is 0 Å². The molecule has 114 valence electrons. The molecule has 1 unspecified atom stereocenters. The first-order valence-electron chi connectivity index (χ1n) is 6.07. The Bertz CT molecular complexity index is 569. The van der Waals surface area contributed by atoms with Crippen LogP contribution in [0.2, 0.25) is 5.02 Å². The van der Waals surface area contributed by atoms with Gasteiger partial charge in [-0.05, 0) is 38.1 Å². The molecule has 0 aromatic heterocycles. The predicted molar refractivity (Wildman–Crippen MR) is 79.5 cm³/mol. The summed E-state index contributed by atoms with van der Waals surface area (Å²) in [5.74, 6) is -0.546. The summed E-state index contributed by atoms with van der Waals surface area (Å²) in [6.07, 6.45) is 1.74. The third-order valence-corrected chi connectivity index (χ3v) is 5.65. The van der Waals surface area contributed by atoms with Gasteiger partial charge < -0.3 is 5.32 Å². The van der Waals surface area contributed by atoms with Crippen LogP contribution in [0.3, 0.4) is 0 Å². The summed E-state index contributed by atoms with van der Waals surface area (Å²) in [4.78, 5) is -0.0349. The highest BCUT2D eigenvalue weighted by Gasteiger charge is 2.31. The highest BCUT2D eigenvalue weighted by Crippen LogP contribution is 2.27. The molecule has 0 saturated carbocycles. The Hall–Kier alpha value is -0.400. The first kappa shape index (κ1) is 17.7. The molecule has 1 fully saturated rings. The van der Waals surface area contributed by atoms with Crippen LogP contribution in [0.5, 0.6) is 0 Å². The number of hydrogen-bond donors (Lipinski definition) is 1. The van der Waals surface area contributed by atoms with Crippen LogP contribution in [-0.2, 0) is 10.0 Å². The molecule has 1 aliphatic heterocycles. The van der Waals surface area contributed by atoms with E-state index in [1.165, 1.54) is 10.4 Å². The molecule has 1 aliphatic rings. The molecule has 0 radical (unpaired) electrons. The number of nitrogens with one attached hydrogen (secondary N) is 1. The second-order valence-corrected chi connectivity index (χ2v) is 6.88. The maximum absolute atomic E-state index is 13.0. The standard InChI is InChI=1S/C12H16ClFN2O2S.ClH/c1-15-10-3-2-6-16(8-10)19(17,18)12-5-4-9(14)7-11(12)13;/h4-5,7,10,15H,2-3,6,8H2,1H3;1H. The van der Waals surface area contributed by atoms with E-state index >= 15 is 0 Å². The fourth-order valence-electron chi connectivity index (χ4n) is 2.22. The molecule has 0 aliphatic carbocycles. The van der Waals surface area contributed by atoms with Gasteiger partial charge in [0.05, 0.1) is 5.02 Å². The summed E-state index contributed by atoms with van der Waals surface area (Å²) in [6.45, 7) is 0.876. The molecule has 0 amide bonds. The number of hydrogen-bond acceptors (Lipinski definition) is 3. The molecule has 20 heavy (non-hydrogen) atoms. The zero-order chi connectivity index (χ0) is 14.0. The van der Waals surface area contributed by atoms with Crippen molar-refractivity contribution in [3.63, 3.8) is 0 Å². The Morgan fingerprint density at radius 3 is 2.75 bits per heavy atom. The molecule has 1 aromatic rings. The molecule has 1 saturated heterocycles. The molecule has 0 spiro atoms. The van der Waals surface area contributed by atoms with E-state index in [0.717, 1.165) is 25.0 Å². The van der Waals surface area contributed by atoms with Gasteiger partial charge in [-0.3, -0.25) is 0 Å². The number of halogens is 3. The molecule has 1 N–H and O–H groups in total. The first-order chi connectivity index (χ1) is 8.95. The van der Waals surface area contributed by atoms with Crippen molar-refractivity contribution < 1.29 is 12.8 Å². The first-order valence-corrected chi connectivity index (χ1v) is 7.89. The fraction of sp³-hybridized carbons (Fsp3) is 0.500. The molecule has 1 aromatic carbocycles. The highest BCUT2D eigenvalue weighted by molar-refractivity contribution is 7.89. The van der Waals surface area contributed by atoms with Crippen molar-refractivity contribution in [3.05, 3.63) is 29.0 Å². The van der Waals surface area contributed by atoms with Gasteiger partial charge in [-0.25, -0.2) is 12.8 Å². The smallest absolute Gasteiger partial charge is 0.244 e. The van der Waals surface area contributed by atoms with Crippen LogP contribution in [0.15, 0.2) is 23.1 Å². The summed E-state index contributed by atoms with van der Waals surface area (Å²) in [6, 6.07) is 3.49. The van der Waals surface area contributed by atoms with Gasteiger partial charge >= 0.3 is 0 Å². The summed E-state index contributed by atoms with van der Waals surface area (Å²) in [5.41, 5.74) is 0. The van der Waals surface area contributed by atoms with Gasteiger partial charge in [0.1, 0.15) is 10.7 Å². The summed E-state index contributed by atoms with van der Waals surface area (Å²) in [5, 5.41) is 3.00. The second-order valence-electron chi connectivity index (χ2n) is 4.57. The molecular weight excluding hydrogens is 326 g/mol. The maximum Gasteiger partial charge on any atom is 0.244 e. The van der Waals surface area contributed by atoms with Crippen LogP contribution < -0.4 is 5.32 Å². The number of benzene rings is 1. The van der Waals surface area contributed by atoms with Gasteiger partial charge in [-0.1, -0.05) is 11.6 Å². The summed E-state index contributed by atoms with van der Waals surface area (Å²) in [7, 11) is -1.85. The predicted octanol–water partition coefficient (Wildman–Crippen LogP) is 2.27. The molecular formula is C12H17Cl2FN2O2S. The van der Waals surface area contributed by atoms with Crippen LogP contribution in [0, 0.1) is 5.82 Å². The van der Waals surface area contributed by atoms with Crippen molar-refractivity contribution in [2.24, 2.45) is 0 Å². The lowest BCUT2D eigenvalue weighted by Gasteiger charge is -2.31. The van der Waals surface area contributed by atoms with E-state index in [0.29, 0.717) is 13.1 Å². The lowest BCUT2D eigenvalue weighted by atomic mass is 10.1. The third kappa shape index (κ3) is 3.62. The quantitative estimate of drug-likeness (QED) is 0.916. The highest BCUT2D eigenvalue weighted by atomic mass is 35.5. The average molecular weight is 343 g/mol. The Morgan fingerprint density at radius 1 is 1.45 bits per heavy atom. The van der Waals surface area contributed by atoms with Crippen molar-refractivity contribution in [1.29, 1.82) is 0 Å². The molecule has 8 heteroatoms. The zero-order valence-electron chi connectivity index (χ0n) is 11.0. The molecule has 1 heterocycles. The lowest BCUT2D eigenvalue weighted by molar-refractivity contribution is 0.293.